The van der Waals surface area contributed by atoms with Gasteiger partial charge in [-0.15, -0.1) is 0 Å². The molecule has 1 fully saturated rings. The summed E-state index contributed by atoms with van der Waals surface area (Å²) in [6, 6.07) is 6.73. The van der Waals surface area contributed by atoms with Crippen molar-refractivity contribution >= 4 is 31.1 Å². The summed E-state index contributed by atoms with van der Waals surface area (Å²) in [4.78, 5) is 28.9. The van der Waals surface area contributed by atoms with Crippen LogP contribution in [0, 0.1) is 6.92 Å². The van der Waals surface area contributed by atoms with Crippen molar-refractivity contribution in [3.8, 4) is 0 Å². The van der Waals surface area contributed by atoms with Crippen LogP contribution in [0.5, 0.6) is 0 Å². The molecule has 1 N–H and O–H groups in total. The Hall–Kier alpha value is -1.97. The van der Waals surface area contributed by atoms with E-state index in [-0.39, 0.29) is 23.5 Å². The van der Waals surface area contributed by atoms with Gasteiger partial charge in [0.2, 0.25) is 5.91 Å². The van der Waals surface area contributed by atoms with Gasteiger partial charge in [0.05, 0.1) is 22.6 Å². The second-order valence-corrected chi connectivity index (χ2v) is 18.2. The van der Waals surface area contributed by atoms with Crippen LogP contribution in [0.4, 0.5) is 4.79 Å². The number of carbonyl (C=O) groups is 2. The standard InChI is InChI=1S/C26H40N2O5SSi/c1-17-10-12-18(13-11-17)34(31)21-16-19(27-24(30)32-25(2,3)4)23(29)28-15-14-20(22(21)28)33-35(8,9)26(5,6)7/h10-13,19-20H,14-16H2,1-9H3,(H,27,30)/t19-,20-,34-/m0/s1. The zero-order chi connectivity index (χ0) is 26.3. The molecule has 3 atom stereocenters. The van der Waals surface area contributed by atoms with Crippen molar-refractivity contribution in [1.82, 2.24) is 10.2 Å². The summed E-state index contributed by atoms with van der Waals surface area (Å²) in [5, 5.41) is 2.71. The first-order valence-electron chi connectivity index (χ1n) is 12.2. The van der Waals surface area contributed by atoms with Gasteiger partial charge in [-0.1, -0.05) is 38.5 Å². The maximum Gasteiger partial charge on any atom is 0.408 e. The van der Waals surface area contributed by atoms with Crippen LogP contribution in [0.2, 0.25) is 18.1 Å². The Labute approximate surface area is 213 Å². The normalized spacial score (nSPS) is 22.2. The van der Waals surface area contributed by atoms with E-state index < -0.39 is 36.9 Å². The number of ether oxygens (including phenoxy) is 1. The smallest absolute Gasteiger partial charge is 0.408 e. The van der Waals surface area contributed by atoms with Crippen LogP contribution in [-0.2, 0) is 24.8 Å². The Morgan fingerprint density at radius 1 is 1.11 bits per heavy atom. The molecule has 0 aromatic heterocycles. The molecule has 7 nitrogen and oxygen atoms in total. The summed E-state index contributed by atoms with van der Waals surface area (Å²) in [7, 11) is -3.65. The van der Waals surface area contributed by atoms with Crippen LogP contribution in [0.3, 0.4) is 0 Å². The Morgan fingerprint density at radius 3 is 2.26 bits per heavy atom. The molecule has 2 heterocycles. The molecule has 0 saturated carbocycles. The zero-order valence-corrected chi connectivity index (χ0v) is 24.3. The molecular weight excluding hydrogens is 480 g/mol. The van der Waals surface area contributed by atoms with Crippen LogP contribution >= 0.6 is 0 Å². The fraction of sp³-hybridized carbons (Fsp3) is 0.615. The van der Waals surface area contributed by atoms with E-state index in [1.54, 1.807) is 25.7 Å². The number of rotatable bonds is 5. The summed E-state index contributed by atoms with van der Waals surface area (Å²) in [5.74, 6) is -0.211. The highest BCUT2D eigenvalue weighted by molar-refractivity contribution is 7.89. The fourth-order valence-corrected chi connectivity index (χ4v) is 6.70. The molecule has 2 amide bonds. The quantitative estimate of drug-likeness (QED) is 0.537. The van der Waals surface area contributed by atoms with Crippen molar-refractivity contribution < 1.29 is 23.0 Å². The molecule has 194 valence electrons. The van der Waals surface area contributed by atoms with Crippen molar-refractivity contribution in [3.63, 3.8) is 0 Å². The van der Waals surface area contributed by atoms with E-state index in [1.807, 2.05) is 31.2 Å². The molecule has 2 aliphatic heterocycles. The van der Waals surface area contributed by atoms with Crippen molar-refractivity contribution in [1.29, 1.82) is 0 Å². The summed E-state index contributed by atoms with van der Waals surface area (Å²) in [6.07, 6.45) is -0.164. The first-order chi connectivity index (χ1) is 16.0. The maximum atomic E-state index is 13.9. The first kappa shape index (κ1) is 27.6. The summed E-state index contributed by atoms with van der Waals surface area (Å²) in [5.41, 5.74) is 1.10. The minimum absolute atomic E-state index is 0.00324. The Bertz CT molecular complexity index is 1040. The second kappa shape index (κ2) is 9.82. The molecule has 3 rings (SSSR count). The van der Waals surface area contributed by atoms with Crippen LogP contribution in [0.15, 0.2) is 39.8 Å². The van der Waals surface area contributed by atoms with E-state index in [0.717, 1.165) is 5.56 Å². The monoisotopic (exact) mass is 520 g/mol. The van der Waals surface area contributed by atoms with Crippen molar-refractivity contribution in [3.05, 3.63) is 40.4 Å². The predicted octanol–water partition coefficient (Wildman–Crippen LogP) is 5.23. The van der Waals surface area contributed by atoms with Gasteiger partial charge in [-0.25, -0.2) is 9.00 Å². The van der Waals surface area contributed by atoms with Crippen LogP contribution in [0.1, 0.15) is 59.9 Å². The van der Waals surface area contributed by atoms with Gasteiger partial charge in [0.1, 0.15) is 11.6 Å². The van der Waals surface area contributed by atoms with Gasteiger partial charge < -0.3 is 19.4 Å². The number of nitrogens with one attached hydrogen (secondary N) is 1. The fourth-order valence-electron chi connectivity index (χ4n) is 3.99. The maximum absolute atomic E-state index is 13.9. The molecule has 9 heteroatoms. The number of hydrogen-bond donors (Lipinski definition) is 1. The van der Waals surface area contributed by atoms with Crippen molar-refractivity contribution in [2.24, 2.45) is 0 Å². The zero-order valence-electron chi connectivity index (χ0n) is 22.5. The number of aryl methyl sites for hydroxylation is 1. The van der Waals surface area contributed by atoms with Gasteiger partial charge >= 0.3 is 6.09 Å². The largest absolute Gasteiger partial charge is 0.444 e. The molecule has 1 aromatic carbocycles. The lowest BCUT2D eigenvalue weighted by atomic mass is 10.1. The number of hydrogen-bond acceptors (Lipinski definition) is 5. The number of amides is 2. The molecule has 0 bridgehead atoms. The Kier molecular flexibility index (Phi) is 7.75. The lowest BCUT2D eigenvalue weighted by Crippen LogP contribution is -2.52. The molecule has 0 aliphatic carbocycles. The SMILES string of the molecule is Cc1ccc([S@](=O)C2=C3[C@@H](O[Si](C)(C)C(C)(C)C)CCN3C(=O)[C@@H](NC(=O)OC(C)(C)C)C2)cc1. The summed E-state index contributed by atoms with van der Waals surface area (Å²) >= 11 is 0. The van der Waals surface area contributed by atoms with Gasteiger partial charge in [-0.05, 0) is 64.4 Å². The van der Waals surface area contributed by atoms with Crippen LogP contribution in [0.25, 0.3) is 0 Å². The first-order valence-corrected chi connectivity index (χ1v) is 16.3. The lowest BCUT2D eigenvalue weighted by molar-refractivity contribution is -0.131. The van der Waals surface area contributed by atoms with E-state index in [2.05, 4.69) is 39.2 Å². The second-order valence-electron chi connectivity index (χ2n) is 11.9. The highest BCUT2D eigenvalue weighted by Gasteiger charge is 2.48. The van der Waals surface area contributed by atoms with Crippen molar-refractivity contribution in [2.45, 2.75) is 102 Å². The highest BCUT2D eigenvalue weighted by Crippen LogP contribution is 2.43. The molecule has 2 aliphatic rings. The highest BCUT2D eigenvalue weighted by atomic mass is 32.2. The lowest BCUT2D eigenvalue weighted by Gasteiger charge is -2.40. The van der Waals surface area contributed by atoms with Crippen LogP contribution < -0.4 is 5.32 Å². The number of nitrogens with zero attached hydrogens (tertiary/aromatic N) is 1. The van der Waals surface area contributed by atoms with Gasteiger partial charge in [0.15, 0.2) is 8.32 Å². The van der Waals surface area contributed by atoms with Gasteiger partial charge in [0, 0.05) is 22.8 Å². The minimum Gasteiger partial charge on any atom is -0.444 e. The molecule has 1 saturated heterocycles. The third kappa shape index (κ3) is 6.24. The average molecular weight is 521 g/mol. The third-order valence-corrected chi connectivity index (χ3v) is 12.9. The average Bonchev–Trinajstić information content (AvgIpc) is 3.11. The van der Waals surface area contributed by atoms with E-state index in [0.29, 0.717) is 28.5 Å². The van der Waals surface area contributed by atoms with E-state index in [9.17, 15) is 13.8 Å². The molecular formula is C26H40N2O5SSi. The minimum atomic E-state index is -2.15. The Morgan fingerprint density at radius 2 is 1.71 bits per heavy atom. The van der Waals surface area contributed by atoms with Crippen molar-refractivity contribution in [2.75, 3.05) is 6.54 Å². The third-order valence-electron chi connectivity index (χ3n) is 6.84. The molecule has 35 heavy (non-hydrogen) atoms. The number of carbonyl (C=O) groups excluding carboxylic acids is 2. The van der Waals surface area contributed by atoms with Crippen LogP contribution in [-0.4, -0.2) is 53.7 Å². The summed E-state index contributed by atoms with van der Waals surface area (Å²) in [6.45, 7) is 18.7. The number of benzene rings is 1. The van der Waals surface area contributed by atoms with E-state index in [1.165, 1.54) is 0 Å². The predicted molar refractivity (Wildman–Crippen MR) is 141 cm³/mol. The molecule has 0 radical (unpaired) electrons. The van der Waals surface area contributed by atoms with Gasteiger partial charge in [0.25, 0.3) is 0 Å². The number of alkyl carbamates (subject to hydrolysis) is 1. The van der Waals surface area contributed by atoms with Gasteiger partial charge in [-0.2, -0.15) is 0 Å². The molecule has 1 aromatic rings. The molecule has 0 spiro atoms. The van der Waals surface area contributed by atoms with E-state index >= 15 is 0 Å². The van der Waals surface area contributed by atoms with E-state index in [4.69, 9.17) is 9.16 Å². The molecule has 0 unspecified atom stereocenters. The summed E-state index contributed by atoms with van der Waals surface area (Å²) < 4.78 is 26.0. The topological polar surface area (TPSA) is 84.9 Å². The van der Waals surface area contributed by atoms with Gasteiger partial charge in [-0.3, -0.25) is 4.79 Å². The number of fused-ring (bicyclic) bond motifs is 1. The Balaban J connectivity index is 2.01.